The molecular weight excluding hydrogens is 300 g/mol. The van der Waals surface area contributed by atoms with E-state index in [9.17, 15) is 14.4 Å². The number of aliphatic carboxylic acids is 1. The van der Waals surface area contributed by atoms with Gasteiger partial charge < -0.3 is 10.8 Å². The molecule has 0 fully saturated rings. The van der Waals surface area contributed by atoms with Crippen LogP contribution in [0.15, 0.2) is 12.3 Å². The van der Waals surface area contributed by atoms with Crippen molar-refractivity contribution < 1.29 is 19.5 Å². The van der Waals surface area contributed by atoms with E-state index in [0.717, 1.165) is 24.8 Å². The van der Waals surface area contributed by atoms with E-state index >= 15 is 0 Å². The highest BCUT2D eigenvalue weighted by atomic mass is 16.4. The molecule has 0 bridgehead atoms. The van der Waals surface area contributed by atoms with Crippen molar-refractivity contribution in [3.63, 3.8) is 0 Å². The van der Waals surface area contributed by atoms with E-state index in [1.54, 1.807) is 6.07 Å². The van der Waals surface area contributed by atoms with E-state index in [-0.39, 0.29) is 24.1 Å². The number of nitrogens with zero attached hydrogens (tertiary/aromatic N) is 1. The summed E-state index contributed by atoms with van der Waals surface area (Å²) in [5.41, 5.74) is 8.47. The molecule has 126 valence electrons. The van der Waals surface area contributed by atoms with Crippen LogP contribution in [0.25, 0.3) is 0 Å². The highest BCUT2D eigenvalue weighted by Crippen LogP contribution is 2.15. The number of Topliss-reactive ketones (excluding diaryl/α,β-unsaturated/α-hetero) is 1. The number of unbranched alkanes of at least 4 members (excludes halogenated alkanes) is 1. The van der Waals surface area contributed by atoms with Gasteiger partial charge in [0.2, 0.25) is 0 Å². The molecule has 0 aliphatic carbocycles. The zero-order valence-corrected chi connectivity index (χ0v) is 13.0. The Bertz CT molecular complexity index is 589. The molecule has 1 aromatic heterocycles. The predicted octanol–water partition coefficient (Wildman–Crippen LogP) is 0.403. The second kappa shape index (κ2) is 8.96. The Labute approximate surface area is 134 Å². The fourth-order valence-electron chi connectivity index (χ4n) is 2.07. The molecule has 0 radical (unpaired) electrons. The molecule has 1 atom stereocenters. The number of pyridine rings is 1. The van der Waals surface area contributed by atoms with E-state index in [4.69, 9.17) is 16.7 Å². The smallest absolute Gasteiger partial charge is 0.303 e. The third-order valence-corrected chi connectivity index (χ3v) is 3.38. The molecule has 8 nitrogen and oxygen atoms in total. The number of nitrogen functional groups attached to an aromatic ring is 1. The van der Waals surface area contributed by atoms with E-state index in [0.29, 0.717) is 0 Å². The Kier molecular flexibility index (Phi) is 7.30. The van der Waals surface area contributed by atoms with E-state index in [1.165, 1.54) is 6.20 Å². The molecule has 1 unspecified atom stereocenters. The Morgan fingerprint density at radius 3 is 2.65 bits per heavy atom. The summed E-state index contributed by atoms with van der Waals surface area (Å²) in [5.74, 6) is 2.86. The summed E-state index contributed by atoms with van der Waals surface area (Å²) in [6, 6.07) is 0.564. The van der Waals surface area contributed by atoms with Crippen LogP contribution < -0.4 is 17.0 Å². The van der Waals surface area contributed by atoms with Gasteiger partial charge in [-0.15, -0.1) is 0 Å². The van der Waals surface area contributed by atoms with Crippen molar-refractivity contribution in [3.8, 4) is 0 Å². The van der Waals surface area contributed by atoms with Crippen LogP contribution in [0.1, 0.15) is 59.0 Å². The number of carbonyl (C=O) groups excluding carboxylic acids is 2. The number of hydrogen-bond acceptors (Lipinski definition) is 6. The third kappa shape index (κ3) is 5.42. The largest absolute Gasteiger partial charge is 0.481 e. The van der Waals surface area contributed by atoms with Crippen LogP contribution in [-0.4, -0.2) is 33.8 Å². The van der Waals surface area contributed by atoms with Gasteiger partial charge in [-0.05, 0) is 30.9 Å². The summed E-state index contributed by atoms with van der Waals surface area (Å²) in [6.45, 7) is 2.04. The highest BCUT2D eigenvalue weighted by molar-refractivity contribution is 6.08. The van der Waals surface area contributed by atoms with Gasteiger partial charge in [-0.25, -0.2) is 10.8 Å². The summed E-state index contributed by atoms with van der Waals surface area (Å²) in [5, 5.41) is 8.68. The maximum Gasteiger partial charge on any atom is 0.303 e. The van der Waals surface area contributed by atoms with Crippen LogP contribution in [0.3, 0.4) is 0 Å². The molecule has 1 aromatic rings. The molecule has 0 aliphatic rings. The minimum atomic E-state index is -1.04. The van der Waals surface area contributed by atoms with Crippen molar-refractivity contribution in [1.82, 2.24) is 10.4 Å². The number of carboxylic acids is 1. The third-order valence-electron chi connectivity index (χ3n) is 3.38. The number of rotatable bonds is 9. The lowest BCUT2D eigenvalue weighted by molar-refractivity contribution is -0.137. The standard InChI is InChI=1S/C15H22N4O4/c1-2-3-4-9-7-10(13(18-8-9)15(23)19-17)14(22)11(16)5-6-12(20)21/h7-8,11H,2-6,16-17H2,1H3,(H,19,23)(H,20,21). The number of carboxylic acid groups (broad SMARTS) is 1. The Balaban J connectivity index is 3.09. The molecule has 0 saturated heterocycles. The van der Waals surface area contributed by atoms with E-state index < -0.39 is 23.7 Å². The quantitative estimate of drug-likeness (QED) is 0.222. The van der Waals surface area contributed by atoms with Gasteiger partial charge in [0.25, 0.3) is 5.91 Å². The summed E-state index contributed by atoms with van der Waals surface area (Å²) >= 11 is 0. The van der Waals surface area contributed by atoms with Gasteiger partial charge in [0, 0.05) is 12.6 Å². The minimum absolute atomic E-state index is 0.0168. The first-order valence-corrected chi connectivity index (χ1v) is 7.42. The van der Waals surface area contributed by atoms with Crippen molar-refractivity contribution >= 4 is 17.7 Å². The maximum atomic E-state index is 12.4. The number of hydrogen-bond donors (Lipinski definition) is 4. The van der Waals surface area contributed by atoms with Crippen LogP contribution in [0, 0.1) is 0 Å². The fourth-order valence-corrected chi connectivity index (χ4v) is 2.07. The summed E-state index contributed by atoms with van der Waals surface area (Å²) < 4.78 is 0. The number of aryl methyl sites for hydroxylation is 1. The normalized spacial score (nSPS) is 11.8. The molecule has 0 aliphatic heterocycles. The molecule has 1 rings (SSSR count). The van der Waals surface area contributed by atoms with E-state index in [2.05, 4.69) is 4.98 Å². The first-order valence-electron chi connectivity index (χ1n) is 7.42. The van der Waals surface area contributed by atoms with Crippen molar-refractivity contribution in [3.05, 3.63) is 29.1 Å². The molecule has 1 amide bonds. The predicted molar refractivity (Wildman–Crippen MR) is 83.7 cm³/mol. The number of nitrogens with one attached hydrogen (secondary N) is 1. The molecule has 6 N–H and O–H groups in total. The topological polar surface area (TPSA) is 148 Å². The Hall–Kier alpha value is -2.32. The average Bonchev–Trinajstić information content (AvgIpc) is 2.56. The minimum Gasteiger partial charge on any atom is -0.481 e. The Morgan fingerprint density at radius 1 is 1.39 bits per heavy atom. The van der Waals surface area contributed by atoms with Crippen molar-refractivity contribution in [1.29, 1.82) is 0 Å². The monoisotopic (exact) mass is 322 g/mol. The number of aromatic nitrogens is 1. The van der Waals surface area contributed by atoms with Gasteiger partial charge in [-0.3, -0.25) is 19.8 Å². The second-order valence-corrected chi connectivity index (χ2v) is 5.22. The van der Waals surface area contributed by atoms with Gasteiger partial charge in [0.05, 0.1) is 11.6 Å². The number of amides is 1. The SMILES string of the molecule is CCCCc1cnc(C(=O)NN)c(C(=O)C(N)CCC(=O)O)c1. The molecule has 1 heterocycles. The average molecular weight is 322 g/mol. The first kappa shape index (κ1) is 18.7. The molecule has 8 heteroatoms. The second-order valence-electron chi connectivity index (χ2n) is 5.22. The Morgan fingerprint density at radius 2 is 2.09 bits per heavy atom. The molecular formula is C15H22N4O4. The zero-order valence-electron chi connectivity index (χ0n) is 13.0. The van der Waals surface area contributed by atoms with Crippen molar-refractivity contribution in [2.45, 2.75) is 45.1 Å². The summed E-state index contributed by atoms with van der Waals surface area (Å²) in [4.78, 5) is 38.8. The lowest BCUT2D eigenvalue weighted by atomic mass is 9.97. The zero-order chi connectivity index (χ0) is 17.4. The molecule has 0 saturated carbocycles. The lowest BCUT2D eigenvalue weighted by Gasteiger charge is -2.13. The fraction of sp³-hybridized carbons (Fsp3) is 0.467. The molecule has 23 heavy (non-hydrogen) atoms. The van der Waals surface area contributed by atoms with E-state index in [1.807, 2.05) is 12.3 Å². The van der Waals surface area contributed by atoms with Gasteiger partial charge >= 0.3 is 5.97 Å². The number of nitrogens with two attached hydrogens (primary N) is 2. The van der Waals surface area contributed by atoms with Gasteiger partial charge in [0.15, 0.2) is 5.78 Å². The van der Waals surface area contributed by atoms with Crippen LogP contribution in [0.5, 0.6) is 0 Å². The molecule has 0 aromatic carbocycles. The summed E-state index contributed by atoms with van der Waals surface area (Å²) in [6.07, 6.45) is 3.90. The number of carbonyl (C=O) groups is 3. The lowest BCUT2D eigenvalue weighted by Crippen LogP contribution is -2.36. The highest BCUT2D eigenvalue weighted by Gasteiger charge is 2.24. The van der Waals surface area contributed by atoms with Gasteiger partial charge in [-0.1, -0.05) is 13.3 Å². The van der Waals surface area contributed by atoms with Crippen molar-refractivity contribution in [2.24, 2.45) is 11.6 Å². The van der Waals surface area contributed by atoms with Crippen LogP contribution in [-0.2, 0) is 11.2 Å². The molecule has 0 spiro atoms. The first-order chi connectivity index (χ1) is 10.9. The number of hydrazine groups is 1. The van der Waals surface area contributed by atoms with Gasteiger partial charge in [0.1, 0.15) is 5.69 Å². The van der Waals surface area contributed by atoms with Crippen molar-refractivity contribution in [2.75, 3.05) is 0 Å². The number of ketones is 1. The van der Waals surface area contributed by atoms with Crippen LogP contribution in [0.2, 0.25) is 0 Å². The van der Waals surface area contributed by atoms with Crippen LogP contribution >= 0.6 is 0 Å². The summed E-state index contributed by atoms with van der Waals surface area (Å²) in [7, 11) is 0. The maximum absolute atomic E-state index is 12.4. The van der Waals surface area contributed by atoms with Gasteiger partial charge in [-0.2, -0.15) is 0 Å². The van der Waals surface area contributed by atoms with Crippen LogP contribution in [0.4, 0.5) is 0 Å².